The van der Waals surface area contributed by atoms with Crippen molar-refractivity contribution in [1.29, 1.82) is 0 Å². The van der Waals surface area contributed by atoms with Gasteiger partial charge in [-0.2, -0.15) is 13.2 Å². The second kappa shape index (κ2) is 3.49. The van der Waals surface area contributed by atoms with Gasteiger partial charge >= 0.3 is 6.18 Å². The summed E-state index contributed by atoms with van der Waals surface area (Å²) in [7, 11) is 0. The lowest BCUT2D eigenvalue weighted by molar-refractivity contribution is -0.175. The van der Waals surface area contributed by atoms with E-state index in [1.54, 1.807) is 0 Å². The third kappa shape index (κ3) is 1.91. The number of ketones is 1. The first-order valence-corrected chi connectivity index (χ1v) is 5.54. The van der Waals surface area contributed by atoms with Crippen molar-refractivity contribution in [2.45, 2.75) is 51.1 Å². The molecule has 0 aromatic heterocycles. The van der Waals surface area contributed by atoms with Crippen molar-refractivity contribution in [1.82, 2.24) is 0 Å². The van der Waals surface area contributed by atoms with Crippen molar-refractivity contribution in [2.75, 3.05) is 0 Å². The summed E-state index contributed by atoms with van der Waals surface area (Å²) in [5.74, 6) is -1.51. The summed E-state index contributed by atoms with van der Waals surface area (Å²) in [5.41, 5.74) is -0.599. The van der Waals surface area contributed by atoms with Crippen LogP contribution in [0.25, 0.3) is 0 Å². The van der Waals surface area contributed by atoms with E-state index >= 15 is 0 Å². The number of carbonyl (C=O) groups excluding carboxylic acids is 1. The van der Waals surface area contributed by atoms with Gasteiger partial charge in [-0.1, -0.05) is 19.3 Å². The fourth-order valence-electron chi connectivity index (χ4n) is 3.04. The summed E-state index contributed by atoms with van der Waals surface area (Å²) in [4.78, 5) is 11.7. The van der Waals surface area contributed by atoms with Crippen LogP contribution < -0.4 is 0 Å². The number of hydrogen-bond acceptors (Lipinski definition) is 1. The monoisotopic (exact) mass is 220 g/mol. The zero-order valence-electron chi connectivity index (χ0n) is 8.57. The normalized spacial score (nSPS) is 31.1. The highest BCUT2D eigenvalue weighted by Crippen LogP contribution is 2.52. The highest BCUT2D eigenvalue weighted by Gasteiger charge is 2.54. The first-order valence-electron chi connectivity index (χ1n) is 5.54. The molecular formula is C11H15F3O. The fourth-order valence-corrected chi connectivity index (χ4v) is 3.04. The standard InChI is InChI=1S/C11H15F3O/c12-11(13,14)8-6-9(15)10(7-8)4-2-1-3-5-10/h8H,1-7H2. The van der Waals surface area contributed by atoms with Crippen molar-refractivity contribution in [3.8, 4) is 0 Å². The quantitative estimate of drug-likeness (QED) is 0.610. The number of Topliss-reactive ketones (excluding diaryl/α,β-unsaturated/α-hetero) is 1. The maximum absolute atomic E-state index is 12.5. The first-order chi connectivity index (χ1) is 6.94. The summed E-state index contributed by atoms with van der Waals surface area (Å²) in [6.45, 7) is 0. The first kappa shape index (κ1) is 11.0. The molecular weight excluding hydrogens is 205 g/mol. The van der Waals surface area contributed by atoms with Gasteiger partial charge < -0.3 is 0 Å². The van der Waals surface area contributed by atoms with Gasteiger partial charge in [-0.15, -0.1) is 0 Å². The van der Waals surface area contributed by atoms with E-state index in [0.717, 1.165) is 19.3 Å². The summed E-state index contributed by atoms with van der Waals surface area (Å²) in [6, 6.07) is 0. The van der Waals surface area contributed by atoms with E-state index in [4.69, 9.17) is 0 Å². The molecule has 0 aliphatic heterocycles. The Morgan fingerprint density at radius 1 is 1.13 bits per heavy atom. The molecule has 2 saturated carbocycles. The summed E-state index contributed by atoms with van der Waals surface area (Å²) in [5, 5.41) is 0. The number of hydrogen-bond donors (Lipinski definition) is 0. The molecule has 0 saturated heterocycles. The Labute approximate surface area is 87.0 Å². The van der Waals surface area contributed by atoms with Crippen LogP contribution in [0, 0.1) is 11.3 Å². The second-order valence-electron chi connectivity index (χ2n) is 4.91. The average molecular weight is 220 g/mol. The number of alkyl halides is 3. The Morgan fingerprint density at radius 3 is 2.20 bits per heavy atom. The topological polar surface area (TPSA) is 17.1 Å². The van der Waals surface area contributed by atoms with Crippen LogP contribution in [0.4, 0.5) is 13.2 Å². The molecule has 0 heterocycles. The maximum Gasteiger partial charge on any atom is 0.392 e. The minimum absolute atomic E-state index is 0.0509. The van der Waals surface area contributed by atoms with Crippen LogP contribution in [0.5, 0.6) is 0 Å². The molecule has 86 valence electrons. The lowest BCUT2D eigenvalue weighted by Crippen LogP contribution is -2.29. The fraction of sp³-hybridized carbons (Fsp3) is 0.909. The zero-order valence-corrected chi connectivity index (χ0v) is 8.57. The smallest absolute Gasteiger partial charge is 0.299 e. The molecule has 0 N–H and O–H groups in total. The van der Waals surface area contributed by atoms with Gasteiger partial charge in [0.2, 0.25) is 0 Å². The van der Waals surface area contributed by atoms with Crippen LogP contribution in [0.3, 0.4) is 0 Å². The summed E-state index contributed by atoms with van der Waals surface area (Å²) < 4.78 is 37.6. The van der Waals surface area contributed by atoms with E-state index in [2.05, 4.69) is 0 Å². The zero-order chi connectivity index (χ0) is 11.1. The molecule has 0 aromatic carbocycles. The molecule has 0 radical (unpaired) electrons. The van der Waals surface area contributed by atoms with Crippen LogP contribution in [0.15, 0.2) is 0 Å². The van der Waals surface area contributed by atoms with E-state index in [1.807, 2.05) is 0 Å². The molecule has 1 unspecified atom stereocenters. The number of rotatable bonds is 0. The van der Waals surface area contributed by atoms with Crippen molar-refractivity contribution in [3.63, 3.8) is 0 Å². The van der Waals surface area contributed by atoms with Crippen molar-refractivity contribution >= 4 is 5.78 Å². The highest BCUT2D eigenvalue weighted by atomic mass is 19.4. The minimum Gasteiger partial charge on any atom is -0.299 e. The molecule has 0 aromatic rings. The minimum atomic E-state index is -4.18. The molecule has 2 fully saturated rings. The van der Waals surface area contributed by atoms with Crippen molar-refractivity contribution in [3.05, 3.63) is 0 Å². The van der Waals surface area contributed by atoms with Gasteiger partial charge in [0.25, 0.3) is 0 Å². The van der Waals surface area contributed by atoms with Crippen molar-refractivity contribution in [2.24, 2.45) is 11.3 Å². The van der Waals surface area contributed by atoms with Gasteiger partial charge in [0.05, 0.1) is 5.92 Å². The maximum atomic E-state index is 12.5. The van der Waals surface area contributed by atoms with Gasteiger partial charge in [-0.05, 0) is 19.3 Å². The Balaban J connectivity index is 2.13. The summed E-state index contributed by atoms with van der Waals surface area (Å²) >= 11 is 0. The second-order valence-corrected chi connectivity index (χ2v) is 4.91. The van der Waals surface area contributed by atoms with Crippen LogP contribution in [-0.2, 0) is 4.79 Å². The van der Waals surface area contributed by atoms with E-state index in [9.17, 15) is 18.0 Å². The predicted molar refractivity (Wildman–Crippen MR) is 49.3 cm³/mol. The van der Waals surface area contributed by atoms with Gasteiger partial charge in [0.1, 0.15) is 5.78 Å². The van der Waals surface area contributed by atoms with Crippen LogP contribution >= 0.6 is 0 Å². The molecule has 4 heteroatoms. The lowest BCUT2D eigenvalue weighted by Gasteiger charge is -2.32. The third-order valence-electron chi connectivity index (χ3n) is 3.93. The lowest BCUT2D eigenvalue weighted by atomic mass is 9.72. The van der Waals surface area contributed by atoms with Crippen LogP contribution in [-0.4, -0.2) is 12.0 Å². The molecule has 15 heavy (non-hydrogen) atoms. The predicted octanol–water partition coefficient (Wildman–Crippen LogP) is 3.48. The molecule has 2 aliphatic carbocycles. The van der Waals surface area contributed by atoms with E-state index < -0.39 is 17.5 Å². The van der Waals surface area contributed by atoms with Crippen LogP contribution in [0.2, 0.25) is 0 Å². The van der Waals surface area contributed by atoms with E-state index in [0.29, 0.717) is 12.8 Å². The Kier molecular flexibility index (Phi) is 2.55. The van der Waals surface area contributed by atoms with Gasteiger partial charge in [-0.25, -0.2) is 0 Å². The van der Waals surface area contributed by atoms with E-state index in [1.165, 1.54) is 0 Å². The highest BCUT2D eigenvalue weighted by molar-refractivity contribution is 5.87. The Bertz CT molecular complexity index is 263. The molecule has 1 atom stereocenters. The number of carbonyl (C=O) groups is 1. The average Bonchev–Trinajstić information content (AvgIpc) is 2.45. The molecule has 0 bridgehead atoms. The summed E-state index contributed by atoms with van der Waals surface area (Å²) in [6.07, 6.45) is -0.162. The van der Waals surface area contributed by atoms with Gasteiger partial charge in [0.15, 0.2) is 0 Å². The van der Waals surface area contributed by atoms with Gasteiger partial charge in [0, 0.05) is 11.8 Å². The third-order valence-corrected chi connectivity index (χ3v) is 3.93. The Hall–Kier alpha value is -0.540. The molecule has 2 rings (SSSR count). The molecule has 2 aliphatic rings. The van der Waals surface area contributed by atoms with Gasteiger partial charge in [-0.3, -0.25) is 4.79 Å². The Morgan fingerprint density at radius 2 is 1.73 bits per heavy atom. The molecule has 1 nitrogen and oxygen atoms in total. The van der Waals surface area contributed by atoms with Crippen molar-refractivity contribution < 1.29 is 18.0 Å². The molecule has 1 spiro atoms. The van der Waals surface area contributed by atoms with E-state index in [-0.39, 0.29) is 18.6 Å². The van der Waals surface area contributed by atoms with Crippen LogP contribution in [0.1, 0.15) is 44.9 Å². The largest absolute Gasteiger partial charge is 0.392 e. The SMILES string of the molecule is O=C1CC(C(F)(F)F)CC12CCCCC2. The molecule has 0 amide bonds. The number of halogens is 3.